The third-order valence-electron chi connectivity index (χ3n) is 2.99. The van der Waals surface area contributed by atoms with Gasteiger partial charge in [-0.15, -0.1) is 5.10 Å². The molecule has 0 N–H and O–H groups in total. The van der Waals surface area contributed by atoms with Gasteiger partial charge in [0, 0.05) is 12.4 Å². The van der Waals surface area contributed by atoms with Crippen molar-refractivity contribution in [3.63, 3.8) is 0 Å². The van der Waals surface area contributed by atoms with Crippen LogP contribution in [-0.4, -0.2) is 34.6 Å². The molecule has 0 aliphatic carbocycles. The number of halogens is 1. The Morgan fingerprint density at radius 3 is 3.10 bits per heavy atom. The van der Waals surface area contributed by atoms with Crippen molar-refractivity contribution >= 4 is 32.7 Å². The molecular weight excluding hydrogens is 322 g/mol. The van der Waals surface area contributed by atoms with Gasteiger partial charge in [-0.05, 0) is 33.6 Å². The molecule has 0 aliphatic rings. The molecule has 4 aromatic rings. The number of rotatable bonds is 2. The highest BCUT2D eigenvalue weighted by atomic mass is 79.9. The molecule has 0 fully saturated rings. The van der Waals surface area contributed by atoms with E-state index in [0.29, 0.717) is 22.4 Å². The molecule has 20 heavy (non-hydrogen) atoms. The monoisotopic (exact) mass is 329 g/mol. The molecule has 0 aliphatic heterocycles. The topological polar surface area (TPSA) is 73.8 Å². The first kappa shape index (κ1) is 11.5. The normalized spacial score (nSPS) is 11.4. The van der Waals surface area contributed by atoms with Crippen molar-refractivity contribution in [2.45, 2.75) is 6.54 Å². The van der Waals surface area contributed by atoms with Crippen LogP contribution in [-0.2, 0) is 6.54 Å². The third-order valence-corrected chi connectivity index (χ3v) is 3.37. The molecule has 0 spiro atoms. The molecule has 0 saturated carbocycles. The summed E-state index contributed by atoms with van der Waals surface area (Å²) in [5.74, 6) is 0. The van der Waals surface area contributed by atoms with Crippen LogP contribution < -0.4 is 0 Å². The Hall–Kier alpha value is -2.35. The van der Waals surface area contributed by atoms with E-state index in [1.54, 1.807) is 17.1 Å². The van der Waals surface area contributed by atoms with Gasteiger partial charge in [0.05, 0.1) is 18.3 Å². The summed E-state index contributed by atoms with van der Waals surface area (Å²) in [6.07, 6.45) is 5.35. The molecule has 8 heteroatoms. The lowest BCUT2D eigenvalue weighted by atomic mass is 10.2. The Balaban J connectivity index is 1.77. The number of pyridine rings is 1. The summed E-state index contributed by atoms with van der Waals surface area (Å²) < 4.78 is 4.21. The van der Waals surface area contributed by atoms with Gasteiger partial charge in [-0.3, -0.25) is 0 Å². The summed E-state index contributed by atoms with van der Waals surface area (Å²) >= 11 is 3.31. The van der Waals surface area contributed by atoms with Crippen molar-refractivity contribution < 1.29 is 0 Å². The van der Waals surface area contributed by atoms with E-state index in [1.165, 1.54) is 0 Å². The van der Waals surface area contributed by atoms with Crippen LogP contribution in [0.3, 0.4) is 0 Å². The highest BCUT2D eigenvalue weighted by molar-refractivity contribution is 9.10. The van der Waals surface area contributed by atoms with Crippen molar-refractivity contribution in [3.8, 4) is 0 Å². The van der Waals surface area contributed by atoms with Crippen molar-refractivity contribution in [1.29, 1.82) is 0 Å². The van der Waals surface area contributed by atoms with E-state index in [2.05, 4.69) is 41.3 Å². The molecule has 0 radical (unpaired) electrons. The van der Waals surface area contributed by atoms with Gasteiger partial charge in [0.2, 0.25) is 5.65 Å². The van der Waals surface area contributed by atoms with E-state index < -0.39 is 0 Å². The van der Waals surface area contributed by atoms with Crippen LogP contribution in [0.15, 0.2) is 41.4 Å². The van der Waals surface area contributed by atoms with Crippen molar-refractivity contribution in [2.75, 3.05) is 0 Å². The summed E-state index contributed by atoms with van der Waals surface area (Å²) in [4.78, 5) is 8.52. The van der Waals surface area contributed by atoms with Crippen molar-refractivity contribution in [2.24, 2.45) is 0 Å². The van der Waals surface area contributed by atoms with E-state index in [9.17, 15) is 0 Å². The number of aromatic nitrogens is 7. The molecule has 4 heterocycles. The van der Waals surface area contributed by atoms with Gasteiger partial charge >= 0.3 is 0 Å². The fourth-order valence-corrected chi connectivity index (χ4v) is 2.33. The minimum atomic E-state index is 0.536. The second-order valence-corrected chi connectivity index (χ2v) is 5.14. The first-order chi connectivity index (χ1) is 9.79. The lowest BCUT2D eigenvalue weighted by Gasteiger charge is -2.03. The molecule has 7 nitrogen and oxygen atoms in total. The van der Waals surface area contributed by atoms with Crippen LogP contribution in [0.4, 0.5) is 0 Å². The zero-order valence-electron chi connectivity index (χ0n) is 10.2. The van der Waals surface area contributed by atoms with Gasteiger partial charge in [0.25, 0.3) is 0 Å². The molecule has 0 aromatic carbocycles. The fourth-order valence-electron chi connectivity index (χ4n) is 2.06. The van der Waals surface area contributed by atoms with Gasteiger partial charge in [-0.1, -0.05) is 11.3 Å². The third kappa shape index (κ3) is 1.85. The van der Waals surface area contributed by atoms with Gasteiger partial charge in [0.1, 0.15) is 4.60 Å². The van der Waals surface area contributed by atoms with E-state index >= 15 is 0 Å². The standard InChI is InChI=1S/C12H8BrN7/c13-10-5-14-11-12(16-10)20(18-17-11)7-8-1-2-9-3-4-15-19(9)6-8/h1-6H,7H2. The van der Waals surface area contributed by atoms with Crippen LogP contribution >= 0.6 is 15.9 Å². The SMILES string of the molecule is Brc1cnc2nnn(Cc3ccc4ccnn4c3)c2n1. The predicted molar refractivity (Wildman–Crippen MR) is 75.1 cm³/mol. The van der Waals surface area contributed by atoms with Crippen molar-refractivity contribution in [1.82, 2.24) is 34.6 Å². The second kappa shape index (κ2) is 4.34. The Morgan fingerprint density at radius 1 is 1.20 bits per heavy atom. The maximum absolute atomic E-state index is 4.35. The lowest BCUT2D eigenvalue weighted by Crippen LogP contribution is -2.04. The average molecular weight is 330 g/mol. The highest BCUT2D eigenvalue weighted by Gasteiger charge is 2.08. The predicted octanol–water partition coefficient (Wildman–Crippen LogP) is 1.68. The summed E-state index contributed by atoms with van der Waals surface area (Å²) in [7, 11) is 0. The quantitative estimate of drug-likeness (QED) is 0.559. The molecule has 4 aromatic heterocycles. The van der Waals surface area contributed by atoms with Gasteiger partial charge in [0.15, 0.2) is 5.65 Å². The van der Waals surface area contributed by atoms with E-state index in [4.69, 9.17) is 0 Å². The molecule has 0 saturated heterocycles. The second-order valence-electron chi connectivity index (χ2n) is 4.33. The van der Waals surface area contributed by atoms with Gasteiger partial charge in [-0.2, -0.15) is 5.10 Å². The van der Waals surface area contributed by atoms with Gasteiger partial charge in [-0.25, -0.2) is 19.2 Å². The van der Waals surface area contributed by atoms with E-state index in [-0.39, 0.29) is 0 Å². The minimum Gasteiger partial charge on any atom is -0.241 e. The zero-order valence-corrected chi connectivity index (χ0v) is 11.8. The maximum atomic E-state index is 4.35. The summed E-state index contributed by atoms with van der Waals surface area (Å²) in [5.41, 5.74) is 3.31. The summed E-state index contributed by atoms with van der Waals surface area (Å²) in [6, 6.07) is 6.01. The molecule has 0 unspecified atom stereocenters. The van der Waals surface area contributed by atoms with E-state index in [0.717, 1.165) is 11.1 Å². The molecule has 0 amide bonds. The Morgan fingerprint density at radius 2 is 2.15 bits per heavy atom. The lowest BCUT2D eigenvalue weighted by molar-refractivity contribution is 0.660. The highest BCUT2D eigenvalue weighted by Crippen LogP contribution is 2.12. The number of hydrogen-bond acceptors (Lipinski definition) is 5. The first-order valence-electron chi connectivity index (χ1n) is 5.94. The number of fused-ring (bicyclic) bond motifs is 2. The Bertz CT molecular complexity index is 910. The summed E-state index contributed by atoms with van der Waals surface area (Å²) in [6.45, 7) is 0.567. The molecular formula is C12H8BrN7. The van der Waals surface area contributed by atoms with Gasteiger partial charge < -0.3 is 0 Å². The first-order valence-corrected chi connectivity index (χ1v) is 6.73. The minimum absolute atomic E-state index is 0.536. The Labute approximate surface area is 121 Å². The fraction of sp³-hybridized carbons (Fsp3) is 0.0833. The molecule has 4 rings (SSSR count). The van der Waals surface area contributed by atoms with E-state index in [1.807, 2.05) is 28.9 Å². The zero-order chi connectivity index (χ0) is 13.5. The smallest absolute Gasteiger partial charge is 0.221 e. The van der Waals surface area contributed by atoms with Crippen LogP contribution in [0.25, 0.3) is 16.8 Å². The molecule has 0 bridgehead atoms. The number of nitrogens with zero attached hydrogens (tertiary/aromatic N) is 7. The maximum Gasteiger partial charge on any atom is 0.221 e. The van der Waals surface area contributed by atoms with Crippen LogP contribution in [0.1, 0.15) is 5.56 Å². The number of hydrogen-bond donors (Lipinski definition) is 0. The van der Waals surface area contributed by atoms with Crippen LogP contribution in [0.5, 0.6) is 0 Å². The summed E-state index contributed by atoms with van der Waals surface area (Å²) in [5, 5.41) is 12.3. The largest absolute Gasteiger partial charge is 0.241 e. The molecule has 98 valence electrons. The van der Waals surface area contributed by atoms with Crippen molar-refractivity contribution in [3.05, 3.63) is 47.0 Å². The van der Waals surface area contributed by atoms with Crippen LogP contribution in [0.2, 0.25) is 0 Å². The molecule has 0 atom stereocenters. The average Bonchev–Trinajstić information content (AvgIpc) is 3.05. The van der Waals surface area contributed by atoms with Crippen LogP contribution in [0, 0.1) is 0 Å². The Kier molecular flexibility index (Phi) is 2.49.